The van der Waals surface area contributed by atoms with E-state index in [1.807, 2.05) is 0 Å². The first-order valence-corrected chi connectivity index (χ1v) is 7.39. The molecule has 17 heavy (non-hydrogen) atoms. The minimum Gasteiger partial charge on any atom is -0.294 e. The molecule has 0 atom stereocenters. The van der Waals surface area contributed by atoms with Crippen LogP contribution in [-0.2, 0) is 9.84 Å². The maximum Gasteiger partial charge on any atom is 0.165 e. The van der Waals surface area contributed by atoms with Crippen LogP contribution in [0.2, 0.25) is 5.02 Å². The topological polar surface area (TPSA) is 51.2 Å². The van der Waals surface area contributed by atoms with Crippen LogP contribution in [0.25, 0.3) is 0 Å². The first-order valence-electron chi connectivity index (χ1n) is 4.95. The second-order valence-corrected chi connectivity index (χ2v) is 6.48. The van der Waals surface area contributed by atoms with Crippen molar-refractivity contribution < 1.29 is 17.6 Å². The lowest BCUT2D eigenvalue weighted by Gasteiger charge is -2.03. The molecule has 0 saturated carbocycles. The Balaban J connectivity index is 2.67. The Hall–Kier alpha value is -0.940. The summed E-state index contributed by atoms with van der Waals surface area (Å²) < 4.78 is 35.0. The third kappa shape index (κ3) is 4.83. The maximum absolute atomic E-state index is 13.3. The van der Waals surface area contributed by atoms with E-state index in [0.29, 0.717) is 0 Å². The van der Waals surface area contributed by atoms with Crippen molar-refractivity contribution in [1.82, 2.24) is 0 Å². The Kier molecular flexibility index (Phi) is 4.65. The van der Waals surface area contributed by atoms with Crippen molar-refractivity contribution in [1.29, 1.82) is 0 Å². The third-order valence-corrected chi connectivity index (χ3v) is 3.41. The van der Waals surface area contributed by atoms with Gasteiger partial charge in [-0.05, 0) is 24.6 Å². The number of hydrogen-bond donors (Lipinski definition) is 0. The lowest BCUT2D eigenvalue weighted by molar-refractivity contribution is 0.0978. The molecule has 0 aliphatic heterocycles. The normalized spacial score (nSPS) is 11.5. The van der Waals surface area contributed by atoms with Crippen molar-refractivity contribution in [2.75, 3.05) is 12.0 Å². The summed E-state index contributed by atoms with van der Waals surface area (Å²) in [5.41, 5.74) is -0.0917. The Labute approximate surface area is 105 Å². The largest absolute Gasteiger partial charge is 0.294 e. The van der Waals surface area contributed by atoms with Gasteiger partial charge in [0.1, 0.15) is 15.7 Å². The van der Waals surface area contributed by atoms with Crippen molar-refractivity contribution >= 4 is 27.2 Å². The van der Waals surface area contributed by atoms with Crippen LogP contribution < -0.4 is 0 Å². The Bertz CT molecular complexity index is 526. The molecule has 0 bridgehead atoms. The first-order chi connectivity index (χ1) is 7.79. The van der Waals surface area contributed by atoms with Crippen LogP contribution in [0, 0.1) is 5.82 Å². The van der Waals surface area contributed by atoms with Gasteiger partial charge in [0.2, 0.25) is 0 Å². The fourth-order valence-corrected chi connectivity index (χ4v) is 2.18. The molecule has 1 aromatic rings. The fraction of sp³-hybridized carbons (Fsp3) is 0.364. The van der Waals surface area contributed by atoms with E-state index in [1.54, 1.807) is 0 Å². The summed E-state index contributed by atoms with van der Waals surface area (Å²) >= 11 is 5.65. The summed E-state index contributed by atoms with van der Waals surface area (Å²) in [5, 5.41) is 0.276. The van der Waals surface area contributed by atoms with Gasteiger partial charge in [0.25, 0.3) is 0 Å². The zero-order chi connectivity index (χ0) is 13.1. The van der Waals surface area contributed by atoms with E-state index in [9.17, 15) is 17.6 Å². The third-order valence-electron chi connectivity index (χ3n) is 2.15. The highest BCUT2D eigenvalue weighted by Crippen LogP contribution is 2.17. The van der Waals surface area contributed by atoms with Gasteiger partial charge < -0.3 is 0 Å². The molecule has 0 aliphatic rings. The fourth-order valence-electron chi connectivity index (χ4n) is 1.34. The van der Waals surface area contributed by atoms with Gasteiger partial charge in [0.05, 0.1) is 11.3 Å². The van der Waals surface area contributed by atoms with Crippen molar-refractivity contribution in [3.63, 3.8) is 0 Å². The molecule has 1 aromatic carbocycles. The number of carbonyl (C=O) groups excluding carboxylic acids is 1. The predicted octanol–water partition coefficient (Wildman–Crippen LogP) is 2.49. The van der Waals surface area contributed by atoms with Gasteiger partial charge in [-0.15, -0.1) is 0 Å². The van der Waals surface area contributed by atoms with Gasteiger partial charge in [0.15, 0.2) is 5.78 Å². The zero-order valence-corrected chi connectivity index (χ0v) is 10.8. The molecule has 0 radical (unpaired) electrons. The monoisotopic (exact) mass is 278 g/mol. The molecule has 0 saturated heterocycles. The predicted molar refractivity (Wildman–Crippen MR) is 64.7 cm³/mol. The molecule has 1 rings (SSSR count). The number of halogens is 2. The van der Waals surface area contributed by atoms with Crippen molar-refractivity contribution in [2.24, 2.45) is 0 Å². The van der Waals surface area contributed by atoms with Crippen LogP contribution in [0.4, 0.5) is 4.39 Å². The highest BCUT2D eigenvalue weighted by Gasteiger charge is 2.13. The minimum atomic E-state index is -3.09. The molecule has 6 heteroatoms. The average molecular weight is 279 g/mol. The second-order valence-electron chi connectivity index (χ2n) is 3.78. The molecule has 3 nitrogen and oxygen atoms in total. The van der Waals surface area contributed by atoms with Gasteiger partial charge in [0, 0.05) is 17.7 Å². The minimum absolute atomic E-state index is 0.00959. The zero-order valence-electron chi connectivity index (χ0n) is 9.24. The Morgan fingerprint density at radius 3 is 2.65 bits per heavy atom. The maximum atomic E-state index is 13.3. The van der Waals surface area contributed by atoms with Gasteiger partial charge >= 0.3 is 0 Å². The summed E-state index contributed by atoms with van der Waals surface area (Å²) in [5.74, 6) is -1.16. The van der Waals surface area contributed by atoms with E-state index in [1.165, 1.54) is 12.1 Å². The number of hydrogen-bond acceptors (Lipinski definition) is 3. The summed E-state index contributed by atoms with van der Waals surface area (Å²) in [4.78, 5) is 11.6. The number of sulfone groups is 1. The van der Waals surface area contributed by atoms with E-state index < -0.39 is 21.4 Å². The van der Waals surface area contributed by atoms with Crippen molar-refractivity contribution in [3.8, 4) is 0 Å². The van der Waals surface area contributed by atoms with Crippen molar-refractivity contribution in [2.45, 2.75) is 12.8 Å². The van der Waals surface area contributed by atoms with Crippen LogP contribution in [-0.4, -0.2) is 26.2 Å². The SMILES string of the molecule is CS(=O)(=O)CCCC(=O)c1cc(Cl)ccc1F. The van der Waals surface area contributed by atoms with Crippen LogP contribution in [0.15, 0.2) is 18.2 Å². The smallest absolute Gasteiger partial charge is 0.165 e. The van der Waals surface area contributed by atoms with Gasteiger partial charge in [-0.1, -0.05) is 11.6 Å². The number of ketones is 1. The lowest BCUT2D eigenvalue weighted by atomic mass is 10.1. The quantitative estimate of drug-likeness (QED) is 0.778. The number of Topliss-reactive ketones (excluding diaryl/α,β-unsaturated/α-hetero) is 1. The van der Waals surface area contributed by atoms with Crippen LogP contribution >= 0.6 is 11.6 Å². The standard InChI is InChI=1S/C11H12ClFO3S/c1-17(15,16)6-2-3-11(14)9-7-8(12)4-5-10(9)13/h4-5,7H,2-3,6H2,1H3. The van der Waals surface area contributed by atoms with Gasteiger partial charge in [-0.25, -0.2) is 12.8 Å². The number of benzene rings is 1. The lowest BCUT2D eigenvalue weighted by Crippen LogP contribution is -2.07. The number of rotatable bonds is 5. The Morgan fingerprint density at radius 2 is 2.06 bits per heavy atom. The van der Waals surface area contributed by atoms with E-state index in [2.05, 4.69) is 0 Å². The molecule has 0 amide bonds. The summed E-state index contributed by atoms with van der Waals surface area (Å²) in [6.45, 7) is 0. The molecule has 0 aromatic heterocycles. The van der Waals surface area contributed by atoms with Crippen LogP contribution in [0.1, 0.15) is 23.2 Å². The van der Waals surface area contributed by atoms with Crippen LogP contribution in [0.3, 0.4) is 0 Å². The van der Waals surface area contributed by atoms with Crippen molar-refractivity contribution in [3.05, 3.63) is 34.6 Å². The first kappa shape index (κ1) is 14.1. The molecule has 0 N–H and O–H groups in total. The van der Waals surface area contributed by atoms with E-state index >= 15 is 0 Å². The summed E-state index contributed by atoms with van der Waals surface area (Å²) in [7, 11) is -3.09. The van der Waals surface area contributed by atoms with E-state index in [4.69, 9.17) is 11.6 Å². The van der Waals surface area contributed by atoms with E-state index in [0.717, 1.165) is 12.3 Å². The molecule has 0 heterocycles. The highest BCUT2D eigenvalue weighted by atomic mass is 35.5. The highest BCUT2D eigenvalue weighted by molar-refractivity contribution is 7.90. The van der Waals surface area contributed by atoms with Gasteiger partial charge in [-0.2, -0.15) is 0 Å². The number of carbonyl (C=O) groups is 1. The van der Waals surface area contributed by atoms with Gasteiger partial charge in [-0.3, -0.25) is 4.79 Å². The molecule has 0 spiro atoms. The second kappa shape index (κ2) is 5.60. The molecular formula is C11H12ClFO3S. The Morgan fingerprint density at radius 1 is 1.41 bits per heavy atom. The summed E-state index contributed by atoms with van der Waals surface area (Å²) in [6.07, 6.45) is 1.27. The summed E-state index contributed by atoms with van der Waals surface area (Å²) in [6, 6.07) is 3.72. The molecule has 0 unspecified atom stereocenters. The molecule has 0 fully saturated rings. The molecule has 94 valence electrons. The average Bonchev–Trinajstić information content (AvgIpc) is 2.19. The van der Waals surface area contributed by atoms with E-state index in [-0.39, 0.29) is 29.2 Å². The van der Waals surface area contributed by atoms with Crippen LogP contribution in [0.5, 0.6) is 0 Å². The molecule has 0 aliphatic carbocycles. The molecular weight excluding hydrogens is 267 g/mol.